The van der Waals surface area contributed by atoms with Crippen LogP contribution in [0.3, 0.4) is 0 Å². The molecule has 1 fully saturated rings. The second-order valence-electron chi connectivity index (χ2n) is 4.66. The Balaban J connectivity index is 2.10. The third kappa shape index (κ3) is 2.76. The van der Waals surface area contributed by atoms with Crippen molar-refractivity contribution in [2.75, 3.05) is 36.1 Å². The fourth-order valence-corrected chi connectivity index (χ4v) is 1.83. The van der Waals surface area contributed by atoms with Gasteiger partial charge in [0, 0.05) is 31.2 Å². The van der Waals surface area contributed by atoms with E-state index < -0.39 is 0 Å². The highest BCUT2D eigenvalue weighted by Crippen LogP contribution is 2.22. The van der Waals surface area contributed by atoms with Crippen LogP contribution in [-0.2, 0) is 0 Å². The lowest BCUT2D eigenvalue weighted by Gasteiger charge is -2.40. The molecule has 0 bridgehead atoms. The van der Waals surface area contributed by atoms with Crippen molar-refractivity contribution < 1.29 is 0 Å². The molecular weight excluding hydrogens is 216 g/mol. The predicted octanol–water partition coefficient (Wildman–Crippen LogP) is 0.287. The Morgan fingerprint density at radius 1 is 1.41 bits per heavy atom. The molecule has 2 heterocycles. The van der Waals surface area contributed by atoms with E-state index in [9.17, 15) is 0 Å². The molecule has 1 aliphatic heterocycles. The molecule has 0 aliphatic carbocycles. The monoisotopic (exact) mass is 236 g/mol. The van der Waals surface area contributed by atoms with Gasteiger partial charge in [-0.05, 0) is 20.9 Å². The number of nitrogens with zero attached hydrogens (tertiary/aromatic N) is 3. The Kier molecular flexibility index (Phi) is 3.33. The van der Waals surface area contributed by atoms with E-state index in [1.807, 2.05) is 13.1 Å². The zero-order chi connectivity index (χ0) is 12.4. The summed E-state index contributed by atoms with van der Waals surface area (Å²) in [6, 6.07) is 2.83. The number of aromatic nitrogens is 2. The average molecular weight is 236 g/mol. The minimum atomic E-state index is 0.318. The third-order valence-electron chi connectivity index (χ3n) is 2.78. The first kappa shape index (κ1) is 11.9. The van der Waals surface area contributed by atoms with Crippen LogP contribution in [0.2, 0.25) is 0 Å². The molecule has 0 radical (unpaired) electrons. The molecule has 2 rings (SSSR count). The summed E-state index contributed by atoms with van der Waals surface area (Å²) in [6.45, 7) is 6.07. The topological polar surface area (TPSA) is 79.1 Å². The number of rotatable bonds is 4. The van der Waals surface area contributed by atoms with Crippen molar-refractivity contribution in [1.29, 1.82) is 0 Å². The van der Waals surface area contributed by atoms with E-state index in [0.29, 0.717) is 18.0 Å². The van der Waals surface area contributed by atoms with E-state index in [1.54, 1.807) is 0 Å². The van der Waals surface area contributed by atoms with Gasteiger partial charge in [0.05, 0.1) is 0 Å². The molecule has 94 valence electrons. The molecule has 0 aromatic carbocycles. The summed E-state index contributed by atoms with van der Waals surface area (Å²) < 4.78 is 0. The second kappa shape index (κ2) is 4.75. The van der Waals surface area contributed by atoms with Crippen LogP contribution < -0.4 is 21.3 Å². The molecule has 0 saturated carbocycles. The van der Waals surface area contributed by atoms with Crippen molar-refractivity contribution in [3.05, 3.63) is 6.07 Å². The fourth-order valence-electron chi connectivity index (χ4n) is 1.83. The van der Waals surface area contributed by atoms with Crippen LogP contribution in [0.4, 0.5) is 17.6 Å². The number of nitrogen functional groups attached to an aromatic ring is 1. The van der Waals surface area contributed by atoms with Crippen molar-refractivity contribution in [2.24, 2.45) is 0 Å². The lowest BCUT2D eigenvalue weighted by atomic mass is 10.1. The number of nitrogens with two attached hydrogens (primary N) is 1. The molecule has 0 spiro atoms. The van der Waals surface area contributed by atoms with Gasteiger partial charge in [0.2, 0.25) is 5.95 Å². The van der Waals surface area contributed by atoms with Gasteiger partial charge in [-0.3, -0.25) is 0 Å². The molecule has 17 heavy (non-hydrogen) atoms. The third-order valence-corrected chi connectivity index (χ3v) is 2.78. The van der Waals surface area contributed by atoms with Crippen LogP contribution in [0.1, 0.15) is 13.8 Å². The highest BCUT2D eigenvalue weighted by Gasteiger charge is 2.26. The Bertz CT molecular complexity index is 386. The second-order valence-corrected chi connectivity index (χ2v) is 4.66. The summed E-state index contributed by atoms with van der Waals surface area (Å²) in [5.74, 6) is 2.00. The van der Waals surface area contributed by atoms with E-state index in [-0.39, 0.29) is 0 Å². The molecule has 4 N–H and O–H groups in total. The van der Waals surface area contributed by atoms with Gasteiger partial charge in [-0.25, -0.2) is 0 Å². The van der Waals surface area contributed by atoms with Gasteiger partial charge in [0.15, 0.2) is 0 Å². The van der Waals surface area contributed by atoms with Crippen LogP contribution in [0.25, 0.3) is 0 Å². The maximum absolute atomic E-state index is 5.71. The molecule has 1 saturated heterocycles. The first-order valence-electron chi connectivity index (χ1n) is 5.92. The summed E-state index contributed by atoms with van der Waals surface area (Å²) in [7, 11) is 1.97. The molecule has 0 unspecified atom stereocenters. The van der Waals surface area contributed by atoms with E-state index in [0.717, 1.165) is 24.7 Å². The van der Waals surface area contributed by atoms with Gasteiger partial charge >= 0.3 is 0 Å². The SMILES string of the molecule is CNC1CN(c2cc(NC(C)C)nc(N)n2)C1. The van der Waals surface area contributed by atoms with Crippen LogP contribution in [0.5, 0.6) is 0 Å². The summed E-state index contributed by atoms with van der Waals surface area (Å²) in [5, 5.41) is 6.47. The number of likely N-dealkylation sites (N-methyl/N-ethyl adjacent to an activating group) is 1. The van der Waals surface area contributed by atoms with E-state index in [2.05, 4.69) is 39.3 Å². The van der Waals surface area contributed by atoms with Crippen molar-refractivity contribution in [3.63, 3.8) is 0 Å². The van der Waals surface area contributed by atoms with Crippen molar-refractivity contribution in [2.45, 2.75) is 25.9 Å². The van der Waals surface area contributed by atoms with E-state index >= 15 is 0 Å². The van der Waals surface area contributed by atoms with E-state index in [1.165, 1.54) is 0 Å². The van der Waals surface area contributed by atoms with Crippen LogP contribution in [0.15, 0.2) is 6.07 Å². The quantitative estimate of drug-likeness (QED) is 0.697. The maximum Gasteiger partial charge on any atom is 0.223 e. The number of anilines is 3. The average Bonchev–Trinajstić information content (AvgIpc) is 2.13. The van der Waals surface area contributed by atoms with Crippen molar-refractivity contribution in [1.82, 2.24) is 15.3 Å². The molecule has 1 aromatic rings. The normalized spacial score (nSPS) is 16.1. The van der Waals surface area contributed by atoms with Gasteiger partial charge in [-0.15, -0.1) is 0 Å². The van der Waals surface area contributed by atoms with Gasteiger partial charge < -0.3 is 21.3 Å². The van der Waals surface area contributed by atoms with Crippen LogP contribution in [-0.4, -0.2) is 42.2 Å². The Morgan fingerprint density at radius 3 is 2.71 bits per heavy atom. The zero-order valence-corrected chi connectivity index (χ0v) is 10.6. The molecule has 1 aliphatic rings. The predicted molar refractivity (Wildman–Crippen MR) is 70.3 cm³/mol. The lowest BCUT2D eigenvalue weighted by molar-refractivity contribution is 0.447. The molecule has 6 heteroatoms. The van der Waals surface area contributed by atoms with Crippen LogP contribution >= 0.6 is 0 Å². The largest absolute Gasteiger partial charge is 0.368 e. The lowest BCUT2D eigenvalue weighted by Crippen LogP contribution is -2.57. The van der Waals surface area contributed by atoms with Gasteiger partial charge in [-0.2, -0.15) is 9.97 Å². The molecule has 6 nitrogen and oxygen atoms in total. The number of hydrogen-bond donors (Lipinski definition) is 3. The number of hydrogen-bond acceptors (Lipinski definition) is 6. The zero-order valence-electron chi connectivity index (χ0n) is 10.6. The summed E-state index contributed by atoms with van der Waals surface area (Å²) >= 11 is 0. The number of nitrogens with one attached hydrogen (secondary N) is 2. The minimum absolute atomic E-state index is 0.318. The highest BCUT2D eigenvalue weighted by molar-refractivity contribution is 5.54. The first-order chi connectivity index (χ1) is 8.08. The molecule has 1 aromatic heterocycles. The fraction of sp³-hybridized carbons (Fsp3) is 0.636. The minimum Gasteiger partial charge on any atom is -0.368 e. The van der Waals surface area contributed by atoms with Gasteiger partial charge in [-0.1, -0.05) is 0 Å². The van der Waals surface area contributed by atoms with Crippen molar-refractivity contribution in [3.8, 4) is 0 Å². The smallest absolute Gasteiger partial charge is 0.223 e. The molecule has 0 amide bonds. The highest BCUT2D eigenvalue weighted by atomic mass is 15.3. The Labute approximate surface area is 102 Å². The van der Waals surface area contributed by atoms with E-state index in [4.69, 9.17) is 5.73 Å². The maximum atomic E-state index is 5.71. The Morgan fingerprint density at radius 2 is 2.12 bits per heavy atom. The standard InChI is InChI=1S/C11H20N6/c1-7(2)14-9-4-10(16-11(12)15-9)17-5-8(6-17)13-3/h4,7-8,13H,5-6H2,1-3H3,(H3,12,14,15,16). The van der Waals surface area contributed by atoms with Crippen LogP contribution in [0, 0.1) is 0 Å². The molecule has 0 atom stereocenters. The first-order valence-corrected chi connectivity index (χ1v) is 5.92. The van der Waals surface area contributed by atoms with Gasteiger partial charge in [0.25, 0.3) is 0 Å². The van der Waals surface area contributed by atoms with Gasteiger partial charge in [0.1, 0.15) is 11.6 Å². The summed E-state index contributed by atoms with van der Waals surface area (Å²) in [4.78, 5) is 10.6. The summed E-state index contributed by atoms with van der Waals surface area (Å²) in [5.41, 5.74) is 5.71. The summed E-state index contributed by atoms with van der Waals surface area (Å²) in [6.07, 6.45) is 0. The van der Waals surface area contributed by atoms with Crippen molar-refractivity contribution >= 4 is 17.6 Å². The molecular formula is C11H20N6. The Hall–Kier alpha value is -1.56.